The van der Waals surface area contributed by atoms with Crippen molar-refractivity contribution in [2.45, 2.75) is 20.0 Å². The van der Waals surface area contributed by atoms with E-state index in [0.29, 0.717) is 11.3 Å². The van der Waals surface area contributed by atoms with E-state index in [1.165, 1.54) is 11.3 Å². The highest BCUT2D eigenvalue weighted by Crippen LogP contribution is 2.36. The Kier molecular flexibility index (Phi) is 2.67. The molecule has 0 amide bonds. The summed E-state index contributed by atoms with van der Waals surface area (Å²) < 4.78 is 6.22. The standard InChI is InChI=1S/C10H11NO2S2/c1-5(2)13-9(12)6-3-14-10-8(6)7(11)4-15-10/h3-5H,11H2,1-2H3. The lowest BCUT2D eigenvalue weighted by Crippen LogP contribution is -2.11. The van der Waals surface area contributed by atoms with E-state index in [0.717, 1.165) is 9.40 Å². The SMILES string of the molecule is CC(C)OC(=O)c1csc2scc(N)c12. The zero-order chi connectivity index (χ0) is 11.0. The van der Waals surface area contributed by atoms with Gasteiger partial charge in [0, 0.05) is 16.1 Å². The summed E-state index contributed by atoms with van der Waals surface area (Å²) in [5.41, 5.74) is 7.04. The molecule has 0 aliphatic rings. The summed E-state index contributed by atoms with van der Waals surface area (Å²) in [7, 11) is 0. The van der Waals surface area contributed by atoms with E-state index in [2.05, 4.69) is 0 Å². The molecule has 2 N–H and O–H groups in total. The second kappa shape index (κ2) is 3.83. The fraction of sp³-hybridized carbons (Fsp3) is 0.300. The smallest absolute Gasteiger partial charge is 0.339 e. The van der Waals surface area contributed by atoms with Crippen molar-refractivity contribution in [3.05, 3.63) is 16.3 Å². The Labute approximate surface area is 95.5 Å². The molecule has 0 aliphatic carbocycles. The van der Waals surface area contributed by atoms with E-state index < -0.39 is 0 Å². The Morgan fingerprint density at radius 2 is 2.07 bits per heavy atom. The predicted octanol–water partition coefficient (Wildman–Crippen LogP) is 3.11. The van der Waals surface area contributed by atoms with Gasteiger partial charge in [0.15, 0.2) is 0 Å². The lowest BCUT2D eigenvalue weighted by atomic mass is 10.2. The normalized spacial score (nSPS) is 11.1. The highest BCUT2D eigenvalue weighted by Gasteiger charge is 2.17. The molecule has 0 saturated heterocycles. The molecule has 3 nitrogen and oxygen atoms in total. The molecule has 2 aromatic heterocycles. The van der Waals surface area contributed by atoms with Crippen LogP contribution in [0.15, 0.2) is 10.8 Å². The Morgan fingerprint density at radius 3 is 2.73 bits per heavy atom. The van der Waals surface area contributed by atoms with E-state index in [1.54, 1.807) is 11.3 Å². The monoisotopic (exact) mass is 241 g/mol. The van der Waals surface area contributed by atoms with Crippen LogP contribution in [0.1, 0.15) is 24.2 Å². The van der Waals surface area contributed by atoms with Crippen LogP contribution in [0.2, 0.25) is 0 Å². The minimum Gasteiger partial charge on any atom is -0.459 e. The van der Waals surface area contributed by atoms with E-state index in [1.807, 2.05) is 24.6 Å². The molecule has 2 heterocycles. The maximum absolute atomic E-state index is 11.7. The molecule has 0 spiro atoms. The van der Waals surface area contributed by atoms with Gasteiger partial charge in [-0.25, -0.2) is 4.79 Å². The van der Waals surface area contributed by atoms with Gasteiger partial charge in [0.1, 0.15) is 0 Å². The zero-order valence-electron chi connectivity index (χ0n) is 8.44. The number of thiophene rings is 2. The lowest BCUT2D eigenvalue weighted by Gasteiger charge is -2.06. The number of fused-ring (bicyclic) bond motifs is 1. The molecule has 5 heteroatoms. The third-order valence-electron chi connectivity index (χ3n) is 1.90. The van der Waals surface area contributed by atoms with Gasteiger partial charge in [-0.15, -0.1) is 22.7 Å². The van der Waals surface area contributed by atoms with Crippen LogP contribution in [0.4, 0.5) is 5.69 Å². The first-order valence-electron chi connectivity index (χ1n) is 4.54. The molecule has 0 bridgehead atoms. The molecule has 0 saturated carbocycles. The average molecular weight is 241 g/mol. The van der Waals surface area contributed by atoms with Crippen LogP contribution in [-0.4, -0.2) is 12.1 Å². The summed E-state index contributed by atoms with van der Waals surface area (Å²) in [5, 5.41) is 4.51. The van der Waals surface area contributed by atoms with Crippen molar-refractivity contribution in [1.82, 2.24) is 0 Å². The molecule has 0 aliphatic heterocycles. The molecule has 0 fully saturated rings. The summed E-state index contributed by atoms with van der Waals surface area (Å²) in [6, 6.07) is 0. The number of anilines is 1. The maximum atomic E-state index is 11.7. The van der Waals surface area contributed by atoms with E-state index in [-0.39, 0.29) is 12.1 Å². The first-order chi connectivity index (χ1) is 7.09. The highest BCUT2D eigenvalue weighted by molar-refractivity contribution is 7.37. The fourth-order valence-electron chi connectivity index (χ4n) is 1.30. The number of nitrogen functional groups attached to an aromatic ring is 1. The van der Waals surface area contributed by atoms with Gasteiger partial charge in [0.05, 0.1) is 21.4 Å². The van der Waals surface area contributed by atoms with Gasteiger partial charge in [-0.2, -0.15) is 0 Å². The van der Waals surface area contributed by atoms with Crippen molar-refractivity contribution < 1.29 is 9.53 Å². The number of ether oxygens (including phenoxy) is 1. The predicted molar refractivity (Wildman–Crippen MR) is 64.7 cm³/mol. The largest absolute Gasteiger partial charge is 0.459 e. The molecule has 0 atom stereocenters. The van der Waals surface area contributed by atoms with Crippen LogP contribution < -0.4 is 5.73 Å². The van der Waals surface area contributed by atoms with Crippen molar-refractivity contribution in [1.29, 1.82) is 0 Å². The van der Waals surface area contributed by atoms with Crippen molar-refractivity contribution in [2.24, 2.45) is 0 Å². The third kappa shape index (κ3) is 1.85. The van der Waals surface area contributed by atoms with Crippen LogP contribution in [0.3, 0.4) is 0 Å². The minimum absolute atomic E-state index is 0.104. The van der Waals surface area contributed by atoms with Crippen LogP contribution in [0.5, 0.6) is 0 Å². The number of nitrogens with two attached hydrogens (primary N) is 1. The number of carbonyl (C=O) groups is 1. The Morgan fingerprint density at radius 1 is 1.40 bits per heavy atom. The molecule has 0 aromatic carbocycles. The molecule has 80 valence electrons. The second-order valence-corrected chi connectivity index (χ2v) is 5.47. The quantitative estimate of drug-likeness (QED) is 0.822. The van der Waals surface area contributed by atoms with Gasteiger partial charge in [-0.1, -0.05) is 0 Å². The topological polar surface area (TPSA) is 52.3 Å². The Balaban J connectivity index is 2.43. The summed E-state index contributed by atoms with van der Waals surface area (Å²) in [4.78, 5) is 11.7. The molecule has 0 radical (unpaired) electrons. The van der Waals surface area contributed by atoms with Gasteiger partial charge in [0.25, 0.3) is 0 Å². The number of rotatable bonds is 2. The molecule has 15 heavy (non-hydrogen) atoms. The van der Waals surface area contributed by atoms with Gasteiger partial charge in [0.2, 0.25) is 0 Å². The van der Waals surface area contributed by atoms with Crippen molar-refractivity contribution in [3.8, 4) is 0 Å². The number of carbonyl (C=O) groups excluding carboxylic acids is 1. The van der Waals surface area contributed by atoms with Gasteiger partial charge in [-0.3, -0.25) is 0 Å². The summed E-state index contributed by atoms with van der Waals surface area (Å²) in [6.07, 6.45) is -0.104. The summed E-state index contributed by atoms with van der Waals surface area (Å²) >= 11 is 3.08. The minimum atomic E-state index is -0.290. The molecule has 2 rings (SSSR count). The molecular weight excluding hydrogens is 230 g/mol. The van der Waals surface area contributed by atoms with E-state index in [4.69, 9.17) is 10.5 Å². The highest BCUT2D eigenvalue weighted by atomic mass is 32.2. The lowest BCUT2D eigenvalue weighted by molar-refractivity contribution is 0.0381. The van der Waals surface area contributed by atoms with Crippen LogP contribution in [0, 0.1) is 0 Å². The molecule has 2 aromatic rings. The number of hydrogen-bond donors (Lipinski definition) is 1. The zero-order valence-corrected chi connectivity index (χ0v) is 10.1. The van der Waals surface area contributed by atoms with Crippen LogP contribution in [-0.2, 0) is 4.74 Å². The third-order valence-corrected chi connectivity index (χ3v) is 4.04. The first-order valence-corrected chi connectivity index (χ1v) is 6.30. The van der Waals surface area contributed by atoms with Gasteiger partial charge in [-0.05, 0) is 13.8 Å². The Bertz CT molecular complexity index is 498. The van der Waals surface area contributed by atoms with E-state index in [9.17, 15) is 4.79 Å². The van der Waals surface area contributed by atoms with Gasteiger partial charge >= 0.3 is 5.97 Å². The molecular formula is C10H11NO2S2. The number of esters is 1. The van der Waals surface area contributed by atoms with Crippen molar-refractivity contribution in [3.63, 3.8) is 0 Å². The number of hydrogen-bond acceptors (Lipinski definition) is 5. The van der Waals surface area contributed by atoms with Crippen molar-refractivity contribution >= 4 is 43.7 Å². The average Bonchev–Trinajstić information content (AvgIpc) is 2.68. The first kappa shape index (κ1) is 10.4. The van der Waals surface area contributed by atoms with Gasteiger partial charge < -0.3 is 10.5 Å². The Hall–Kier alpha value is -1.07. The second-order valence-electron chi connectivity index (χ2n) is 3.46. The maximum Gasteiger partial charge on any atom is 0.339 e. The van der Waals surface area contributed by atoms with Crippen LogP contribution in [0.25, 0.3) is 9.40 Å². The summed E-state index contributed by atoms with van der Waals surface area (Å²) in [6.45, 7) is 3.66. The summed E-state index contributed by atoms with van der Waals surface area (Å²) in [5.74, 6) is -0.290. The molecule has 0 unspecified atom stereocenters. The fourth-order valence-corrected chi connectivity index (χ4v) is 3.30. The van der Waals surface area contributed by atoms with E-state index >= 15 is 0 Å². The van der Waals surface area contributed by atoms with Crippen molar-refractivity contribution in [2.75, 3.05) is 5.73 Å². The van der Waals surface area contributed by atoms with Crippen LogP contribution >= 0.6 is 22.7 Å².